The van der Waals surface area contributed by atoms with E-state index >= 15 is 0 Å². The van der Waals surface area contributed by atoms with E-state index in [0.717, 1.165) is 17.1 Å². The van der Waals surface area contributed by atoms with Crippen molar-refractivity contribution in [2.24, 2.45) is 0 Å². The molecule has 3 aromatic carbocycles. The second-order valence-corrected chi connectivity index (χ2v) is 10.9. The lowest BCUT2D eigenvalue weighted by Gasteiger charge is -2.32. The van der Waals surface area contributed by atoms with Crippen molar-refractivity contribution in [1.29, 1.82) is 0 Å². The number of benzene rings is 3. The van der Waals surface area contributed by atoms with Gasteiger partial charge in [-0.15, -0.1) is 0 Å². The monoisotopic (exact) mass is 587 g/mol. The molecule has 0 aliphatic carbocycles. The number of hydrogen-bond acceptors (Lipinski definition) is 7. The molecule has 2 amide bonds. The summed E-state index contributed by atoms with van der Waals surface area (Å²) in [6, 6.07) is 21.2. The van der Waals surface area contributed by atoms with Crippen LogP contribution in [0.3, 0.4) is 0 Å². The molecular formula is C32H34FN5O3S. The Morgan fingerprint density at radius 2 is 1.62 bits per heavy atom. The first kappa shape index (κ1) is 30.5. The number of carbonyl (C=O) groups is 2. The van der Waals surface area contributed by atoms with Crippen LogP contribution in [0.4, 0.5) is 15.8 Å². The lowest BCUT2D eigenvalue weighted by atomic mass is 10.0. The Morgan fingerprint density at radius 3 is 2.24 bits per heavy atom. The minimum atomic E-state index is -1.02. The number of aryl methyl sites for hydroxylation is 2. The Balaban J connectivity index is 1.71. The molecule has 0 saturated heterocycles. The van der Waals surface area contributed by atoms with E-state index in [0.29, 0.717) is 27.7 Å². The third-order valence-electron chi connectivity index (χ3n) is 6.49. The molecule has 0 aliphatic rings. The highest BCUT2D eigenvalue weighted by atomic mass is 32.2. The molecule has 10 heteroatoms. The molecular weight excluding hydrogens is 553 g/mol. The number of aromatic nitrogens is 2. The second-order valence-electron chi connectivity index (χ2n) is 9.98. The molecule has 1 N–H and O–H groups in total. The maximum Gasteiger partial charge on any atom is 0.251 e. The summed E-state index contributed by atoms with van der Waals surface area (Å²) >= 11 is 1.20. The number of ether oxygens (including phenoxy) is 1. The third kappa shape index (κ3) is 8.07. The summed E-state index contributed by atoms with van der Waals surface area (Å²) in [5.41, 5.74) is 4.42. The van der Waals surface area contributed by atoms with Crippen LogP contribution in [0.1, 0.15) is 28.6 Å². The molecule has 0 fully saturated rings. The van der Waals surface area contributed by atoms with Gasteiger partial charge in [0, 0.05) is 43.4 Å². The first-order valence-electron chi connectivity index (χ1n) is 13.3. The number of rotatable bonds is 11. The highest BCUT2D eigenvalue weighted by molar-refractivity contribution is 7.99. The van der Waals surface area contributed by atoms with E-state index in [-0.39, 0.29) is 24.0 Å². The summed E-state index contributed by atoms with van der Waals surface area (Å²) in [7, 11) is 5.42. The molecule has 0 aliphatic heterocycles. The highest BCUT2D eigenvalue weighted by Crippen LogP contribution is 2.30. The summed E-state index contributed by atoms with van der Waals surface area (Å²) in [5, 5.41) is 3.46. The van der Waals surface area contributed by atoms with Crippen LogP contribution in [0, 0.1) is 19.7 Å². The summed E-state index contributed by atoms with van der Waals surface area (Å²) in [6.45, 7) is 3.81. The molecule has 4 rings (SSSR count). The molecule has 8 nitrogen and oxygen atoms in total. The van der Waals surface area contributed by atoms with Gasteiger partial charge in [0.2, 0.25) is 5.91 Å². The van der Waals surface area contributed by atoms with Gasteiger partial charge in [-0.2, -0.15) is 0 Å². The maximum absolute atomic E-state index is 14.0. The zero-order chi connectivity index (χ0) is 30.2. The van der Waals surface area contributed by atoms with Crippen LogP contribution in [-0.2, 0) is 16.1 Å². The Hall–Kier alpha value is -4.44. The van der Waals surface area contributed by atoms with Gasteiger partial charge < -0.3 is 19.9 Å². The van der Waals surface area contributed by atoms with Crippen LogP contribution in [-0.4, -0.2) is 53.6 Å². The zero-order valence-corrected chi connectivity index (χ0v) is 25.1. The largest absolute Gasteiger partial charge is 0.497 e. The van der Waals surface area contributed by atoms with Gasteiger partial charge in [-0.05, 0) is 79.6 Å². The SMILES string of the molecule is COc1cccc(C(C(=O)Nc2ccc(N(C)C)cc2)N(Cc2ccc(F)cc2)C(=O)CSc2nc(C)cc(C)n2)c1. The van der Waals surface area contributed by atoms with Gasteiger partial charge in [-0.25, -0.2) is 14.4 Å². The zero-order valence-electron chi connectivity index (χ0n) is 24.3. The fourth-order valence-corrected chi connectivity index (χ4v) is 5.25. The molecule has 0 saturated carbocycles. The maximum atomic E-state index is 14.0. The minimum absolute atomic E-state index is 0.00460. The number of halogens is 1. The van der Waals surface area contributed by atoms with Gasteiger partial charge in [-0.3, -0.25) is 9.59 Å². The van der Waals surface area contributed by atoms with Crippen LogP contribution >= 0.6 is 11.8 Å². The normalized spacial score (nSPS) is 11.5. The molecule has 1 aromatic heterocycles. The summed E-state index contributed by atoms with van der Waals surface area (Å²) in [6.07, 6.45) is 0. The molecule has 1 heterocycles. The summed E-state index contributed by atoms with van der Waals surface area (Å²) < 4.78 is 19.2. The number of thioether (sulfide) groups is 1. The number of amides is 2. The molecule has 0 radical (unpaired) electrons. The van der Waals surface area contributed by atoms with Gasteiger partial charge in [0.15, 0.2) is 5.16 Å². The lowest BCUT2D eigenvalue weighted by Crippen LogP contribution is -2.41. The molecule has 0 bridgehead atoms. The van der Waals surface area contributed by atoms with Gasteiger partial charge in [0.05, 0.1) is 12.9 Å². The van der Waals surface area contributed by atoms with Crippen molar-refractivity contribution < 1.29 is 18.7 Å². The van der Waals surface area contributed by atoms with Crippen LogP contribution < -0.4 is 15.0 Å². The van der Waals surface area contributed by atoms with Crippen molar-refractivity contribution in [3.05, 3.63) is 107 Å². The second kappa shape index (κ2) is 14.0. The van der Waals surface area contributed by atoms with Gasteiger partial charge in [-0.1, -0.05) is 36.0 Å². The van der Waals surface area contributed by atoms with Gasteiger partial charge in [0.1, 0.15) is 17.6 Å². The van der Waals surface area contributed by atoms with E-state index in [1.54, 1.807) is 43.5 Å². The van der Waals surface area contributed by atoms with Gasteiger partial charge in [0.25, 0.3) is 5.91 Å². The predicted molar refractivity (Wildman–Crippen MR) is 164 cm³/mol. The summed E-state index contributed by atoms with van der Waals surface area (Å²) in [5.74, 6) is -0.549. The number of methoxy groups -OCH3 is 1. The van der Waals surface area contributed by atoms with E-state index in [2.05, 4.69) is 15.3 Å². The van der Waals surface area contributed by atoms with Crippen molar-refractivity contribution in [3.63, 3.8) is 0 Å². The van der Waals surface area contributed by atoms with Crippen molar-refractivity contribution in [2.75, 3.05) is 37.2 Å². The molecule has 1 atom stereocenters. The van der Waals surface area contributed by atoms with Crippen LogP contribution in [0.5, 0.6) is 5.75 Å². The fraction of sp³-hybridized carbons (Fsp3) is 0.250. The van der Waals surface area contributed by atoms with Crippen LogP contribution in [0.15, 0.2) is 84.0 Å². The standard InChI is InChI=1S/C32H34FN5O3S/c1-21-17-22(2)35-32(34-21)42-20-29(39)38(19-23-9-11-25(33)12-10-23)30(24-7-6-8-28(18-24)41-5)31(40)36-26-13-15-27(16-14-26)37(3)4/h6-18,30H,19-20H2,1-5H3,(H,36,40). The quantitative estimate of drug-likeness (QED) is 0.175. The molecule has 42 heavy (non-hydrogen) atoms. The number of carbonyl (C=O) groups excluding carboxylic acids is 2. The molecule has 1 unspecified atom stereocenters. The van der Waals surface area contributed by atoms with Crippen molar-refractivity contribution in [3.8, 4) is 5.75 Å². The van der Waals surface area contributed by atoms with E-state index in [1.165, 1.54) is 28.8 Å². The average Bonchev–Trinajstić information content (AvgIpc) is 2.96. The Morgan fingerprint density at radius 1 is 0.952 bits per heavy atom. The van der Waals surface area contributed by atoms with Gasteiger partial charge >= 0.3 is 0 Å². The number of nitrogens with one attached hydrogen (secondary N) is 1. The summed E-state index contributed by atoms with van der Waals surface area (Å²) in [4.78, 5) is 40.3. The minimum Gasteiger partial charge on any atom is -0.497 e. The number of nitrogens with zero attached hydrogens (tertiary/aromatic N) is 4. The smallest absolute Gasteiger partial charge is 0.251 e. The molecule has 4 aromatic rings. The Kier molecular flexibility index (Phi) is 10.1. The molecule has 0 spiro atoms. The van der Waals surface area contributed by atoms with Crippen LogP contribution in [0.2, 0.25) is 0 Å². The van der Waals surface area contributed by atoms with Crippen molar-refractivity contribution >= 4 is 35.0 Å². The van der Waals surface area contributed by atoms with E-state index in [1.807, 2.05) is 63.2 Å². The molecule has 218 valence electrons. The third-order valence-corrected chi connectivity index (χ3v) is 7.33. The fourth-order valence-electron chi connectivity index (χ4n) is 4.42. The van der Waals surface area contributed by atoms with Crippen molar-refractivity contribution in [1.82, 2.24) is 14.9 Å². The average molecular weight is 588 g/mol. The highest BCUT2D eigenvalue weighted by Gasteiger charge is 2.32. The Bertz CT molecular complexity index is 1510. The Labute approximate surface area is 249 Å². The number of anilines is 2. The first-order chi connectivity index (χ1) is 20.1. The van der Waals surface area contributed by atoms with Crippen molar-refractivity contribution in [2.45, 2.75) is 31.6 Å². The number of hydrogen-bond donors (Lipinski definition) is 1. The van der Waals surface area contributed by atoms with E-state index < -0.39 is 11.9 Å². The van der Waals surface area contributed by atoms with E-state index in [4.69, 9.17) is 4.74 Å². The van der Waals surface area contributed by atoms with Crippen LogP contribution in [0.25, 0.3) is 0 Å². The lowest BCUT2D eigenvalue weighted by molar-refractivity contribution is -0.137. The van der Waals surface area contributed by atoms with E-state index in [9.17, 15) is 14.0 Å². The topological polar surface area (TPSA) is 87.7 Å². The first-order valence-corrected chi connectivity index (χ1v) is 14.3. The predicted octanol–water partition coefficient (Wildman–Crippen LogP) is 5.81.